The maximum Gasteiger partial charge on any atom is 0.0759 e. The van der Waals surface area contributed by atoms with Crippen molar-refractivity contribution in [2.24, 2.45) is 0 Å². The summed E-state index contributed by atoms with van der Waals surface area (Å²) in [7, 11) is -3.14. The van der Waals surface area contributed by atoms with Gasteiger partial charge in [-0.25, -0.2) is 0 Å². The van der Waals surface area contributed by atoms with Crippen molar-refractivity contribution >= 4 is 32.3 Å². The lowest BCUT2D eigenvalue weighted by atomic mass is 10.1. The third-order valence-electron chi connectivity index (χ3n) is 6.60. The fraction of sp³-hybridized carbons (Fsp3) is 0.310. The van der Waals surface area contributed by atoms with Crippen molar-refractivity contribution in [3.8, 4) is 0 Å². The van der Waals surface area contributed by atoms with Crippen LogP contribution in [0.15, 0.2) is 89.8 Å². The molecule has 0 saturated heterocycles. The minimum atomic E-state index is -3.14. The fourth-order valence-electron chi connectivity index (χ4n) is 4.49. The molecular formula is C29H36N2O2S. The summed E-state index contributed by atoms with van der Waals surface area (Å²) in [5, 5.41) is 4.48. The molecule has 0 atom stereocenters. The average molecular weight is 477 g/mol. The molecule has 4 aromatic carbocycles. The Morgan fingerprint density at radius 2 is 1.21 bits per heavy atom. The summed E-state index contributed by atoms with van der Waals surface area (Å²) in [5.41, 5.74) is 1.09. The third-order valence-corrected chi connectivity index (χ3v) is 8.51. The molecule has 0 aromatic heterocycles. The number of hydrogen-bond acceptors (Lipinski definition) is 4. The lowest BCUT2D eigenvalue weighted by Gasteiger charge is -2.43. The van der Waals surface area contributed by atoms with Crippen LogP contribution in [-0.2, 0) is 6.54 Å². The summed E-state index contributed by atoms with van der Waals surface area (Å²) in [4.78, 5) is 2.99. The van der Waals surface area contributed by atoms with Crippen molar-refractivity contribution in [2.75, 3.05) is 26.2 Å². The van der Waals surface area contributed by atoms with Gasteiger partial charge in [0, 0.05) is 13.1 Å². The third kappa shape index (κ3) is 5.80. The van der Waals surface area contributed by atoms with Gasteiger partial charge in [0.25, 0.3) is 0 Å². The second kappa shape index (κ2) is 11.3. The summed E-state index contributed by atoms with van der Waals surface area (Å²) < 4.78 is 24.9. The molecule has 0 aliphatic rings. The van der Waals surface area contributed by atoms with E-state index in [2.05, 4.69) is 49.1 Å². The second-order valence-corrected chi connectivity index (χ2v) is 10.8. The molecule has 0 unspecified atom stereocenters. The topological polar surface area (TPSA) is 46.9 Å². The number of fused-ring (bicyclic) bond motifs is 2. The molecule has 0 amide bonds. The zero-order chi connectivity index (χ0) is 24.0. The molecule has 0 aliphatic heterocycles. The molecule has 4 rings (SSSR count). The van der Waals surface area contributed by atoms with Crippen molar-refractivity contribution in [3.05, 3.63) is 90.5 Å². The minimum Gasteiger partial charge on any atom is -0.304 e. The molecule has 0 fully saturated rings. The van der Waals surface area contributed by atoms with Crippen LogP contribution in [0.1, 0.15) is 32.3 Å². The van der Waals surface area contributed by atoms with Crippen LogP contribution >= 0.6 is 10.8 Å². The van der Waals surface area contributed by atoms with E-state index in [1.165, 1.54) is 10.8 Å². The van der Waals surface area contributed by atoms with Crippen LogP contribution in [0.5, 0.6) is 0 Å². The molecule has 34 heavy (non-hydrogen) atoms. The van der Waals surface area contributed by atoms with E-state index < -0.39 is 10.8 Å². The fourth-order valence-corrected chi connectivity index (χ4v) is 6.03. The normalized spacial score (nSPS) is 12.8. The Hall–Kier alpha value is -2.41. The summed E-state index contributed by atoms with van der Waals surface area (Å²) in [6.07, 6.45) is 1.94. The molecule has 0 saturated carbocycles. The molecule has 0 radical (unpaired) electrons. The molecule has 180 valence electrons. The van der Waals surface area contributed by atoms with E-state index in [1.54, 1.807) is 0 Å². The van der Waals surface area contributed by atoms with Crippen molar-refractivity contribution in [2.45, 2.75) is 38.1 Å². The zero-order valence-electron chi connectivity index (χ0n) is 20.2. The summed E-state index contributed by atoms with van der Waals surface area (Å²) >= 11 is 0. The van der Waals surface area contributed by atoms with E-state index in [0.717, 1.165) is 48.8 Å². The lowest BCUT2D eigenvalue weighted by Crippen LogP contribution is -2.30. The SMILES string of the molecule is CCN(CC)CCCCN(Cc1ccc2ccccc2c1)S(O)(O)c1ccc2ccccc2c1. The number of benzene rings is 4. The highest BCUT2D eigenvalue weighted by Gasteiger charge is 2.25. The van der Waals surface area contributed by atoms with E-state index in [1.807, 2.05) is 58.9 Å². The average Bonchev–Trinajstić information content (AvgIpc) is 2.87. The molecule has 0 spiro atoms. The van der Waals surface area contributed by atoms with Gasteiger partial charge in [-0.05, 0) is 77.8 Å². The molecular weight excluding hydrogens is 440 g/mol. The van der Waals surface area contributed by atoms with Crippen molar-refractivity contribution in [1.82, 2.24) is 9.21 Å². The zero-order valence-corrected chi connectivity index (χ0v) is 21.0. The maximum atomic E-state index is 11.5. The first-order valence-corrected chi connectivity index (χ1v) is 13.7. The molecule has 5 heteroatoms. The number of rotatable bonds is 11. The van der Waals surface area contributed by atoms with E-state index in [4.69, 9.17) is 0 Å². The van der Waals surface area contributed by atoms with Crippen LogP contribution in [0.3, 0.4) is 0 Å². The molecule has 0 bridgehead atoms. The molecule has 4 aromatic rings. The number of hydrogen-bond donors (Lipinski definition) is 2. The number of unbranched alkanes of at least 4 members (excludes halogenated alkanes) is 1. The highest BCUT2D eigenvalue weighted by molar-refractivity contribution is 8.22. The van der Waals surface area contributed by atoms with E-state index in [-0.39, 0.29) is 0 Å². The Morgan fingerprint density at radius 3 is 1.85 bits per heavy atom. The standard InChI is InChI=1S/C29H36N2O2S/c1-3-30(4-2)19-9-10-20-31(23-24-15-16-25-11-5-7-13-27(25)21-24)34(32,33)29-18-17-26-12-6-8-14-28(26)22-29/h5-8,11-18,21-22,32-33H,3-4,9-10,19-20,23H2,1-2H3. The van der Waals surface area contributed by atoms with E-state index in [0.29, 0.717) is 18.0 Å². The highest BCUT2D eigenvalue weighted by atomic mass is 32.3. The van der Waals surface area contributed by atoms with Crippen LogP contribution in [0.25, 0.3) is 21.5 Å². The smallest absolute Gasteiger partial charge is 0.0759 e. The van der Waals surface area contributed by atoms with Crippen LogP contribution in [0.2, 0.25) is 0 Å². The van der Waals surface area contributed by atoms with Crippen molar-refractivity contribution in [1.29, 1.82) is 0 Å². The van der Waals surface area contributed by atoms with Crippen LogP contribution in [0.4, 0.5) is 0 Å². The van der Waals surface area contributed by atoms with Crippen LogP contribution in [-0.4, -0.2) is 44.5 Å². The van der Waals surface area contributed by atoms with Gasteiger partial charge in [0.2, 0.25) is 0 Å². The lowest BCUT2D eigenvalue weighted by molar-refractivity contribution is 0.283. The Bertz CT molecular complexity index is 1220. The second-order valence-electron chi connectivity index (χ2n) is 8.81. The first-order valence-electron chi connectivity index (χ1n) is 12.2. The minimum absolute atomic E-state index is 0.491. The largest absolute Gasteiger partial charge is 0.304 e. The van der Waals surface area contributed by atoms with Gasteiger partial charge < -0.3 is 4.90 Å². The Morgan fingerprint density at radius 1 is 0.647 bits per heavy atom. The summed E-state index contributed by atoms with van der Waals surface area (Å²) in [6.45, 7) is 8.62. The summed E-state index contributed by atoms with van der Waals surface area (Å²) in [5.74, 6) is 0. The van der Waals surface area contributed by atoms with Gasteiger partial charge in [0.15, 0.2) is 0 Å². The monoisotopic (exact) mass is 476 g/mol. The summed E-state index contributed by atoms with van der Waals surface area (Å²) in [6, 6.07) is 28.5. The first kappa shape index (κ1) is 24.7. The maximum absolute atomic E-state index is 11.5. The predicted octanol–water partition coefficient (Wildman–Crippen LogP) is 7.64. The molecule has 0 heterocycles. The van der Waals surface area contributed by atoms with Gasteiger partial charge in [-0.1, -0.05) is 80.6 Å². The molecule has 4 nitrogen and oxygen atoms in total. The molecule has 2 N–H and O–H groups in total. The Kier molecular flexibility index (Phi) is 8.24. The van der Waals surface area contributed by atoms with Gasteiger partial charge in [-0.15, -0.1) is 10.8 Å². The van der Waals surface area contributed by atoms with Crippen LogP contribution in [0, 0.1) is 0 Å². The number of nitrogens with zero attached hydrogens (tertiary/aromatic N) is 2. The van der Waals surface area contributed by atoms with Gasteiger partial charge in [-0.2, -0.15) is 4.31 Å². The predicted molar refractivity (Wildman–Crippen MR) is 146 cm³/mol. The van der Waals surface area contributed by atoms with Gasteiger partial charge >= 0.3 is 0 Å². The van der Waals surface area contributed by atoms with Gasteiger partial charge in [-0.3, -0.25) is 9.11 Å². The highest BCUT2D eigenvalue weighted by Crippen LogP contribution is 2.53. The van der Waals surface area contributed by atoms with Gasteiger partial charge in [0.1, 0.15) is 0 Å². The van der Waals surface area contributed by atoms with E-state index in [9.17, 15) is 9.11 Å². The van der Waals surface area contributed by atoms with Crippen molar-refractivity contribution < 1.29 is 9.11 Å². The molecule has 0 aliphatic carbocycles. The first-order chi connectivity index (χ1) is 16.5. The Labute approximate surface area is 205 Å². The van der Waals surface area contributed by atoms with Crippen molar-refractivity contribution in [3.63, 3.8) is 0 Å². The van der Waals surface area contributed by atoms with Gasteiger partial charge in [0.05, 0.1) is 4.90 Å². The van der Waals surface area contributed by atoms with E-state index >= 15 is 0 Å². The Balaban J connectivity index is 1.59. The quantitative estimate of drug-likeness (QED) is 0.218. The van der Waals surface area contributed by atoms with Crippen LogP contribution < -0.4 is 0 Å².